The van der Waals surface area contributed by atoms with Crippen LogP contribution in [0.4, 0.5) is 5.69 Å². The lowest BCUT2D eigenvalue weighted by Gasteiger charge is -2.34. The van der Waals surface area contributed by atoms with Gasteiger partial charge in [0.2, 0.25) is 5.91 Å². The Kier molecular flexibility index (Phi) is 9.49. The van der Waals surface area contributed by atoms with Gasteiger partial charge in [-0.3, -0.25) is 4.79 Å². The van der Waals surface area contributed by atoms with Crippen LogP contribution in [-0.4, -0.2) is 55.0 Å². The molecule has 0 aromatic heterocycles. The number of hydrogen-bond acceptors (Lipinski definition) is 3. The van der Waals surface area contributed by atoms with Crippen LogP contribution in [0.3, 0.4) is 0 Å². The highest BCUT2D eigenvalue weighted by atomic mass is 35.5. The molecule has 0 radical (unpaired) electrons. The van der Waals surface area contributed by atoms with Gasteiger partial charge in [0, 0.05) is 25.3 Å². The lowest BCUT2D eigenvalue weighted by Crippen LogP contribution is -2.43. The van der Waals surface area contributed by atoms with Crippen molar-refractivity contribution < 1.29 is 4.79 Å². The maximum Gasteiger partial charge on any atom is 0.241 e. The first-order valence-electron chi connectivity index (χ1n) is 8.60. The van der Waals surface area contributed by atoms with Crippen LogP contribution in [0.2, 0.25) is 0 Å². The summed E-state index contributed by atoms with van der Waals surface area (Å²) in [5, 5.41) is 3.21. The number of amides is 1. The number of carbonyl (C=O) groups excluding carboxylic acids is 1. The van der Waals surface area contributed by atoms with Crippen LogP contribution in [0.25, 0.3) is 0 Å². The fraction of sp³-hybridized carbons (Fsp3) is 0.611. The van der Waals surface area contributed by atoms with Crippen molar-refractivity contribution in [2.75, 3.05) is 44.6 Å². The average Bonchev–Trinajstić information content (AvgIpc) is 3.07. The van der Waals surface area contributed by atoms with Crippen LogP contribution < -0.4 is 5.32 Å². The molecule has 2 aliphatic rings. The van der Waals surface area contributed by atoms with Gasteiger partial charge in [-0.1, -0.05) is 18.2 Å². The Balaban J connectivity index is 0.00000144. The molecule has 136 valence electrons. The van der Waals surface area contributed by atoms with Crippen molar-refractivity contribution in [1.29, 1.82) is 0 Å². The van der Waals surface area contributed by atoms with Crippen molar-refractivity contribution in [3.63, 3.8) is 0 Å². The standard InChI is InChI=1S/C18H27N3O.2ClH/c22-18(14-19-17-6-2-1-3-7-17)21-12-8-16(9-13-21)15-20-10-4-5-11-20;;/h1-3,6-7,16,19H,4-5,8-15H2;2*1H. The molecule has 3 rings (SSSR count). The van der Waals surface area contributed by atoms with Crippen molar-refractivity contribution in [1.82, 2.24) is 9.80 Å². The molecule has 1 amide bonds. The number of halogens is 2. The molecule has 1 aromatic rings. The summed E-state index contributed by atoms with van der Waals surface area (Å²) in [5.74, 6) is 1.01. The zero-order chi connectivity index (χ0) is 15.2. The number of piperidine rings is 1. The molecule has 6 heteroatoms. The van der Waals surface area contributed by atoms with E-state index in [-0.39, 0.29) is 30.7 Å². The molecular formula is C18H29Cl2N3O. The highest BCUT2D eigenvalue weighted by Crippen LogP contribution is 2.20. The van der Waals surface area contributed by atoms with Crippen molar-refractivity contribution in [3.8, 4) is 0 Å². The zero-order valence-electron chi connectivity index (χ0n) is 14.2. The number of carbonyl (C=O) groups is 1. The maximum atomic E-state index is 12.3. The molecule has 2 saturated heterocycles. The Bertz CT molecular complexity index is 472. The molecule has 0 atom stereocenters. The number of rotatable bonds is 5. The van der Waals surface area contributed by atoms with Gasteiger partial charge in [-0.2, -0.15) is 0 Å². The molecule has 2 fully saturated rings. The van der Waals surface area contributed by atoms with Gasteiger partial charge in [-0.15, -0.1) is 24.8 Å². The minimum Gasteiger partial charge on any atom is -0.376 e. The Morgan fingerprint density at radius 1 is 1.00 bits per heavy atom. The number of para-hydroxylation sites is 1. The summed E-state index contributed by atoms with van der Waals surface area (Å²) in [6.45, 7) is 6.05. The molecule has 0 bridgehead atoms. The van der Waals surface area contributed by atoms with Gasteiger partial charge in [0.15, 0.2) is 0 Å². The molecule has 2 heterocycles. The summed E-state index contributed by atoms with van der Waals surface area (Å²) < 4.78 is 0. The highest BCUT2D eigenvalue weighted by Gasteiger charge is 2.24. The molecular weight excluding hydrogens is 345 g/mol. The molecule has 0 spiro atoms. The van der Waals surface area contributed by atoms with E-state index in [2.05, 4.69) is 10.2 Å². The third-order valence-corrected chi connectivity index (χ3v) is 4.90. The SMILES string of the molecule is Cl.Cl.O=C(CNc1ccccc1)N1CCC(CN2CCCC2)CC1. The third kappa shape index (κ3) is 6.15. The second kappa shape index (κ2) is 10.8. The summed E-state index contributed by atoms with van der Waals surface area (Å²) in [5.41, 5.74) is 1.01. The first-order valence-corrected chi connectivity index (χ1v) is 8.60. The van der Waals surface area contributed by atoms with E-state index in [0.717, 1.165) is 37.5 Å². The smallest absolute Gasteiger partial charge is 0.241 e. The van der Waals surface area contributed by atoms with Crippen molar-refractivity contribution in [3.05, 3.63) is 30.3 Å². The van der Waals surface area contributed by atoms with E-state index in [1.54, 1.807) is 0 Å². The Morgan fingerprint density at radius 3 is 2.25 bits per heavy atom. The van der Waals surface area contributed by atoms with E-state index in [9.17, 15) is 4.79 Å². The number of benzene rings is 1. The maximum absolute atomic E-state index is 12.3. The number of nitrogens with one attached hydrogen (secondary N) is 1. The first-order chi connectivity index (χ1) is 10.8. The monoisotopic (exact) mass is 373 g/mol. The van der Waals surface area contributed by atoms with Gasteiger partial charge in [0.25, 0.3) is 0 Å². The minimum absolute atomic E-state index is 0. The lowest BCUT2D eigenvalue weighted by atomic mass is 9.96. The van der Waals surface area contributed by atoms with E-state index >= 15 is 0 Å². The summed E-state index contributed by atoms with van der Waals surface area (Å²) in [4.78, 5) is 16.9. The van der Waals surface area contributed by atoms with Gasteiger partial charge in [-0.25, -0.2) is 0 Å². The summed E-state index contributed by atoms with van der Waals surface area (Å²) >= 11 is 0. The first kappa shape index (κ1) is 21.1. The van der Waals surface area contributed by atoms with E-state index in [4.69, 9.17) is 0 Å². The van der Waals surface area contributed by atoms with Crippen LogP contribution in [-0.2, 0) is 4.79 Å². The average molecular weight is 374 g/mol. The lowest BCUT2D eigenvalue weighted by molar-refractivity contribution is -0.130. The fourth-order valence-corrected chi connectivity index (χ4v) is 3.54. The predicted octanol–water partition coefficient (Wildman–Crippen LogP) is 3.28. The highest BCUT2D eigenvalue weighted by molar-refractivity contribution is 5.85. The van der Waals surface area contributed by atoms with Crippen molar-refractivity contribution in [2.45, 2.75) is 25.7 Å². The van der Waals surface area contributed by atoms with Gasteiger partial charge in [-0.05, 0) is 56.8 Å². The Morgan fingerprint density at radius 2 is 1.62 bits per heavy atom. The molecule has 4 nitrogen and oxygen atoms in total. The molecule has 24 heavy (non-hydrogen) atoms. The van der Waals surface area contributed by atoms with Gasteiger partial charge in [0.1, 0.15) is 0 Å². The van der Waals surface area contributed by atoms with E-state index in [1.165, 1.54) is 32.5 Å². The van der Waals surface area contributed by atoms with Gasteiger partial charge in [0.05, 0.1) is 6.54 Å². The fourth-order valence-electron chi connectivity index (χ4n) is 3.54. The van der Waals surface area contributed by atoms with Crippen molar-refractivity contribution >= 4 is 36.4 Å². The van der Waals surface area contributed by atoms with E-state index < -0.39 is 0 Å². The van der Waals surface area contributed by atoms with Crippen LogP contribution in [0, 0.1) is 5.92 Å². The second-order valence-electron chi connectivity index (χ2n) is 6.55. The molecule has 0 aliphatic carbocycles. The Hall–Kier alpha value is -0.970. The summed E-state index contributed by atoms with van der Waals surface area (Å²) in [7, 11) is 0. The van der Waals surface area contributed by atoms with Gasteiger partial charge < -0.3 is 15.1 Å². The summed E-state index contributed by atoms with van der Waals surface area (Å²) in [6, 6.07) is 9.94. The van der Waals surface area contributed by atoms with Crippen LogP contribution in [0.5, 0.6) is 0 Å². The molecule has 2 aliphatic heterocycles. The zero-order valence-corrected chi connectivity index (χ0v) is 15.8. The number of nitrogens with zero attached hydrogens (tertiary/aromatic N) is 2. The molecule has 0 unspecified atom stereocenters. The van der Waals surface area contributed by atoms with E-state index in [1.807, 2.05) is 35.2 Å². The van der Waals surface area contributed by atoms with Crippen LogP contribution in [0.1, 0.15) is 25.7 Å². The predicted molar refractivity (Wildman–Crippen MR) is 104 cm³/mol. The van der Waals surface area contributed by atoms with Crippen molar-refractivity contribution in [2.24, 2.45) is 5.92 Å². The van der Waals surface area contributed by atoms with Crippen LogP contribution in [0.15, 0.2) is 30.3 Å². The van der Waals surface area contributed by atoms with Gasteiger partial charge >= 0.3 is 0 Å². The Labute approximate surface area is 157 Å². The molecule has 1 N–H and O–H groups in total. The largest absolute Gasteiger partial charge is 0.376 e. The summed E-state index contributed by atoms with van der Waals surface area (Å²) in [6.07, 6.45) is 5.05. The number of anilines is 1. The van der Waals surface area contributed by atoms with E-state index in [0.29, 0.717) is 6.54 Å². The number of hydrogen-bond donors (Lipinski definition) is 1. The molecule has 1 aromatic carbocycles. The normalized spacial score (nSPS) is 18.6. The number of likely N-dealkylation sites (tertiary alicyclic amines) is 2. The second-order valence-corrected chi connectivity index (χ2v) is 6.55. The molecule has 0 saturated carbocycles. The van der Waals surface area contributed by atoms with Crippen LogP contribution >= 0.6 is 24.8 Å². The minimum atomic E-state index is 0. The quantitative estimate of drug-likeness (QED) is 0.859. The topological polar surface area (TPSA) is 35.6 Å². The third-order valence-electron chi connectivity index (χ3n) is 4.90.